The van der Waals surface area contributed by atoms with Gasteiger partial charge in [-0.15, -0.1) is 0 Å². The third-order valence-corrected chi connectivity index (χ3v) is 24.6. The van der Waals surface area contributed by atoms with Crippen molar-refractivity contribution in [3.8, 4) is 50.9 Å². The van der Waals surface area contributed by atoms with Crippen molar-refractivity contribution >= 4 is 90.5 Å². The highest BCUT2D eigenvalue weighted by atomic mass is 28.3. The molecule has 0 amide bonds. The van der Waals surface area contributed by atoms with E-state index >= 15 is 0 Å². The van der Waals surface area contributed by atoms with Gasteiger partial charge < -0.3 is 4.74 Å². The molecule has 3 aromatic heterocycles. The van der Waals surface area contributed by atoms with Crippen LogP contribution >= 0.6 is 0 Å². The van der Waals surface area contributed by atoms with Gasteiger partial charge in [0.2, 0.25) is 0 Å². The summed E-state index contributed by atoms with van der Waals surface area (Å²) in [7, 11) is -13.6. The van der Waals surface area contributed by atoms with Crippen LogP contribution in [0.5, 0.6) is 11.5 Å². The predicted molar refractivity (Wildman–Crippen MR) is 399 cm³/mol. The second kappa shape index (κ2) is 24.5. The van der Waals surface area contributed by atoms with E-state index in [1.54, 1.807) is 24.4 Å². The molecule has 7 heteroatoms. The number of aromatic nitrogens is 4. The molecule has 13 aromatic carbocycles. The fourth-order valence-corrected chi connectivity index (χ4v) is 19.8. The molecule has 0 aliphatic carbocycles. The third kappa shape index (κ3) is 10.3. The van der Waals surface area contributed by atoms with E-state index in [-0.39, 0.29) is 39.2 Å². The number of hydrogen-bond donors (Lipinski definition) is 0. The van der Waals surface area contributed by atoms with E-state index in [1.165, 1.54) is 41.0 Å². The fourth-order valence-electron chi connectivity index (χ4n) is 12.2. The topological polar surface area (TPSA) is 35.9 Å². The number of fused-ring (bicyclic) bond motifs is 4. The van der Waals surface area contributed by atoms with Crippen LogP contribution < -0.4 is 50.8 Å². The Morgan fingerprint density at radius 3 is 1.55 bits per heavy atom. The molecular formula is C88H68N4OSi2. The third-order valence-electron chi connectivity index (χ3n) is 16.4. The minimum atomic E-state index is -6.86. The SMILES string of the molecule is [2H]c1c([2H])c([2H])c(-c2ccc3c(c2)n(-c2cccc(Oc4ccc5c6ccccc6n(-c6cc(C(C)(C)C)ccn6)c5c4)c2)[c-][n+]3-c2c(-c3c([2H])c([2H])c([2H])c([Si](c4c([2H])c([2H])c([2H])c([2H])c4[2H])(c4c([2H])c([2H])c([2H])c([2H])c4[2H])c4c([2H])c([2H])c([2H])c([2H])c4[2H])c3[2H])cccc2[Si](c2c([2H])c([2H])c([2H])c([2H])c2[2H])(c2c([2H])c([2H])c([2H])c([2H])c2[2H])c2c([2H])c([2H])c([2H])c([2H])c2[2H])c([2H])c1[2H]. The van der Waals surface area contributed by atoms with E-state index in [4.69, 9.17) is 22.1 Å². The predicted octanol–water partition coefficient (Wildman–Crippen LogP) is 15.4. The molecule has 0 N–H and O–H groups in total. The van der Waals surface area contributed by atoms with Crippen LogP contribution in [0.2, 0.25) is 0 Å². The van der Waals surface area contributed by atoms with E-state index in [1.807, 2.05) is 47.0 Å². The van der Waals surface area contributed by atoms with E-state index in [0.29, 0.717) is 11.3 Å². The number of para-hydroxylation sites is 2. The van der Waals surface area contributed by atoms with Gasteiger partial charge >= 0.3 is 0 Å². The monoisotopic (exact) mass is 1290 g/mol. The van der Waals surface area contributed by atoms with Gasteiger partial charge in [-0.1, -0.05) is 311 Å². The van der Waals surface area contributed by atoms with Gasteiger partial charge in [-0.25, -0.2) is 4.98 Å². The summed E-state index contributed by atoms with van der Waals surface area (Å²) in [6.45, 7) is 6.17. The normalized spacial score (nSPS) is 17.7. The Morgan fingerprint density at radius 2 is 0.947 bits per heavy atom. The Hall–Kier alpha value is -11.5. The molecule has 16 aromatic rings. The van der Waals surface area contributed by atoms with Crippen molar-refractivity contribution in [1.82, 2.24) is 14.1 Å². The summed E-state index contributed by atoms with van der Waals surface area (Å²) in [4.78, 5) is 4.83. The number of rotatable bonds is 15. The minimum Gasteiger partial charge on any atom is -0.458 e. The van der Waals surface area contributed by atoms with Gasteiger partial charge in [0, 0.05) is 23.0 Å². The highest BCUT2D eigenvalue weighted by molar-refractivity contribution is 7.20. The lowest BCUT2D eigenvalue weighted by Crippen LogP contribution is -2.76. The lowest BCUT2D eigenvalue weighted by Gasteiger charge is -2.37. The zero-order valence-corrected chi connectivity index (χ0v) is 52.2. The molecule has 0 spiro atoms. The van der Waals surface area contributed by atoms with Crippen LogP contribution in [0, 0.1) is 6.33 Å². The fraction of sp³-hybridized carbons (Fsp3) is 0.0455. The van der Waals surface area contributed by atoms with Gasteiger partial charge in [-0.05, 0) is 129 Å². The van der Waals surface area contributed by atoms with E-state index in [2.05, 4.69) is 27.1 Å². The van der Waals surface area contributed by atoms with Crippen molar-refractivity contribution in [2.45, 2.75) is 26.2 Å². The number of benzene rings is 13. The van der Waals surface area contributed by atoms with Crippen LogP contribution in [0.4, 0.5) is 0 Å². The van der Waals surface area contributed by atoms with Gasteiger partial charge in [0.15, 0.2) is 16.1 Å². The summed E-state index contributed by atoms with van der Waals surface area (Å²) in [5.41, 5.74) is -2.05. The Bertz CT molecular complexity index is 7390. The second-order valence-corrected chi connectivity index (χ2v) is 29.7. The van der Waals surface area contributed by atoms with E-state index < -0.39 is 316 Å². The van der Waals surface area contributed by atoms with Gasteiger partial charge in [-0.3, -0.25) is 13.7 Å². The molecule has 0 aliphatic heterocycles. The summed E-state index contributed by atoms with van der Waals surface area (Å²) < 4.78 is 389. The standard InChI is InChI=1S/C88H68N4OSi2/c1-88(2,3)67-56-57-89-86(60-67)92-81-50-26-25-48-79(81)80-54-53-70(62-83(80)92)93-69-34-28-33-68(61-69)90-63-91(82-55-52-65(59-84(82)90)64-30-11-4-12-31-64)87-78(49-29-51-85(87)95(74-41-19-8-20-42-74,75-43-21-9-22-44-75)76-45-23-10-24-46-76)66-32-27-47-77(58-66)94(71-35-13-5-14-36-71,72-37-15-6-16-38-72)73-39-17-7-18-40-73/h4-62H,1-3H3/i4D,5D,6D,7D,8D,9D,10D,11D,12D,13D,14D,15D,16D,17D,18D,19D,20D,21D,22D,23D,24D,27D,30D,31D,32D,35D,36D,37D,38D,39D,40D,41D,42D,43D,44D,45D,46D,47D,58D. The zero-order valence-electron chi connectivity index (χ0n) is 89.2. The zero-order chi connectivity index (χ0) is 97.9. The van der Waals surface area contributed by atoms with E-state index in [9.17, 15) is 41.1 Å². The van der Waals surface area contributed by atoms with Crippen LogP contribution in [0.15, 0.2) is 357 Å². The Balaban J connectivity index is 1.16. The first-order chi connectivity index (χ1) is 62.9. The summed E-state index contributed by atoms with van der Waals surface area (Å²) in [6.07, 6.45) is 4.96. The minimum absolute atomic E-state index is 0.0319. The molecule has 16 rings (SSSR count). The number of ether oxygens (including phenoxy) is 1. The van der Waals surface area contributed by atoms with Crippen LogP contribution in [0.25, 0.3) is 72.3 Å². The molecule has 0 unspecified atom stereocenters. The average molecular weight is 1290 g/mol. The molecule has 5 nitrogen and oxygen atoms in total. The molecule has 0 aliphatic rings. The van der Waals surface area contributed by atoms with Gasteiger partial charge in [0.1, 0.15) is 17.3 Å². The first-order valence-corrected chi connectivity index (χ1v) is 33.5. The van der Waals surface area contributed by atoms with Crippen LogP contribution in [-0.2, 0) is 5.41 Å². The molecule has 3 heterocycles. The molecule has 0 bridgehead atoms. The van der Waals surface area contributed by atoms with Gasteiger partial charge in [0.25, 0.3) is 6.33 Å². The summed E-state index contributed by atoms with van der Waals surface area (Å²) in [5, 5.41) is -7.90. The van der Waals surface area contributed by atoms with Crippen molar-refractivity contribution in [1.29, 1.82) is 0 Å². The maximum Gasteiger partial charge on any atom is 0.269 e. The molecule has 0 fully saturated rings. The number of imidazole rings is 1. The molecule has 454 valence electrons. The van der Waals surface area contributed by atoms with Crippen molar-refractivity contribution in [3.63, 3.8) is 0 Å². The first-order valence-electron chi connectivity index (χ1n) is 49.0. The maximum absolute atomic E-state index is 11.4. The highest BCUT2D eigenvalue weighted by Crippen LogP contribution is 2.37. The lowest BCUT2D eigenvalue weighted by molar-refractivity contribution is -0.570. The summed E-state index contributed by atoms with van der Waals surface area (Å²) in [6, 6.07) is -19.0. The van der Waals surface area contributed by atoms with Crippen molar-refractivity contribution in [2.24, 2.45) is 0 Å². The van der Waals surface area contributed by atoms with Crippen LogP contribution in [0.1, 0.15) is 79.8 Å². The summed E-state index contributed by atoms with van der Waals surface area (Å²) in [5.74, 6) is 0.815. The molecule has 0 atom stereocenters. The van der Waals surface area contributed by atoms with Gasteiger partial charge in [-0.2, -0.15) is 0 Å². The molecule has 95 heavy (non-hydrogen) atoms. The van der Waals surface area contributed by atoms with Crippen LogP contribution in [-0.4, -0.2) is 30.3 Å². The van der Waals surface area contributed by atoms with Crippen molar-refractivity contribution < 1.29 is 62.8 Å². The largest absolute Gasteiger partial charge is 0.458 e. The van der Waals surface area contributed by atoms with Crippen molar-refractivity contribution in [3.05, 3.63) is 369 Å². The Kier molecular flexibility index (Phi) is 7.76. The summed E-state index contributed by atoms with van der Waals surface area (Å²) >= 11 is 0. The van der Waals surface area contributed by atoms with Gasteiger partial charge in [0.05, 0.1) is 86.9 Å². The average Bonchev–Trinajstić information content (AvgIpc) is 1.08. The Morgan fingerprint density at radius 1 is 0.421 bits per heavy atom. The second-order valence-electron chi connectivity index (χ2n) is 22.7. The number of pyridine rings is 1. The Labute approximate surface area is 612 Å². The van der Waals surface area contributed by atoms with Crippen LogP contribution in [0.3, 0.4) is 0 Å². The number of hydrogen-bond acceptors (Lipinski definition) is 2. The molecule has 0 radical (unpaired) electrons. The van der Waals surface area contributed by atoms with E-state index in [0.717, 1.165) is 44.6 Å². The highest BCUT2D eigenvalue weighted by Gasteiger charge is 2.45. The smallest absolute Gasteiger partial charge is 0.269 e. The number of nitrogens with zero attached hydrogens (tertiary/aromatic N) is 4. The molecule has 0 saturated carbocycles. The molecular weight excluding hydrogens is 1190 g/mol. The van der Waals surface area contributed by atoms with Crippen molar-refractivity contribution in [2.75, 3.05) is 0 Å². The maximum atomic E-state index is 11.4. The first kappa shape index (κ1) is 30.1. The quantitative estimate of drug-likeness (QED) is 0.0444. The molecule has 0 saturated heterocycles. The lowest BCUT2D eigenvalue weighted by atomic mass is 9.88.